The van der Waals surface area contributed by atoms with Crippen molar-refractivity contribution in [2.24, 2.45) is 0 Å². The summed E-state index contributed by atoms with van der Waals surface area (Å²) in [6.45, 7) is 1.57. The van der Waals surface area contributed by atoms with Gasteiger partial charge in [0.15, 0.2) is 0 Å². The highest BCUT2D eigenvalue weighted by molar-refractivity contribution is 7.84. The van der Waals surface area contributed by atoms with Crippen LogP contribution in [-0.4, -0.2) is 34.6 Å². The highest BCUT2D eigenvalue weighted by Gasteiger charge is 2.37. The van der Waals surface area contributed by atoms with Crippen LogP contribution in [0.15, 0.2) is 42.6 Å². The molecule has 1 atom stereocenters. The smallest absolute Gasteiger partial charge is 0.358 e. The third-order valence-corrected chi connectivity index (χ3v) is 6.01. The third kappa shape index (κ3) is 6.27. The molecule has 3 aromatic rings. The Kier molecular flexibility index (Phi) is 7.96. The van der Waals surface area contributed by atoms with Crippen LogP contribution in [0.1, 0.15) is 22.3 Å². The van der Waals surface area contributed by atoms with Gasteiger partial charge in [-0.3, -0.25) is 4.21 Å². The van der Waals surface area contributed by atoms with Crippen molar-refractivity contribution in [2.75, 3.05) is 29.4 Å². The molecule has 37 heavy (non-hydrogen) atoms. The molecule has 2 aromatic carbocycles. The molecule has 0 spiro atoms. The van der Waals surface area contributed by atoms with Crippen molar-refractivity contribution >= 4 is 34.2 Å². The highest BCUT2D eigenvalue weighted by atomic mass is 32.2. The Balaban J connectivity index is 2.32. The molecule has 0 saturated heterocycles. The van der Waals surface area contributed by atoms with E-state index in [-0.39, 0.29) is 34.6 Å². The van der Waals surface area contributed by atoms with Crippen molar-refractivity contribution in [1.82, 2.24) is 4.98 Å². The van der Waals surface area contributed by atoms with Gasteiger partial charge < -0.3 is 15.6 Å². The Hall–Kier alpha value is -3.48. The van der Waals surface area contributed by atoms with E-state index in [1.54, 1.807) is 6.92 Å². The van der Waals surface area contributed by atoms with Crippen molar-refractivity contribution in [2.45, 2.75) is 19.3 Å². The van der Waals surface area contributed by atoms with Crippen molar-refractivity contribution in [1.29, 1.82) is 5.41 Å². The number of pyridine rings is 1. The maximum absolute atomic E-state index is 13.8. The van der Waals surface area contributed by atoms with Gasteiger partial charge in [-0.15, -0.1) is 0 Å². The van der Waals surface area contributed by atoms with E-state index in [1.807, 2.05) is 0 Å². The van der Waals surface area contributed by atoms with E-state index >= 15 is 0 Å². The molecular weight excluding hydrogens is 525 g/mol. The standard InChI is InChI=1S/C24H21F7N4OS/c1-13-6-16(25)4-5-18(13)21-19(10-32)22(34-12-37(3)36)33-11-20(21)35(2)17-8-14(23(26,27)28)7-15(9-17)24(29,30)31/h4-11,32H,12H2,1-3H3,(H,33,34). The first-order chi connectivity index (χ1) is 17.1. The zero-order chi connectivity index (χ0) is 27.7. The van der Waals surface area contributed by atoms with Gasteiger partial charge in [0.2, 0.25) is 0 Å². The Morgan fingerprint density at radius 3 is 2.14 bits per heavy atom. The number of halogens is 7. The number of hydrogen-bond donors (Lipinski definition) is 2. The average Bonchev–Trinajstić information content (AvgIpc) is 2.80. The lowest BCUT2D eigenvalue weighted by Crippen LogP contribution is -2.18. The fourth-order valence-corrected chi connectivity index (χ4v) is 4.02. The van der Waals surface area contributed by atoms with Crippen LogP contribution >= 0.6 is 0 Å². The SMILES string of the molecule is Cc1cc(F)ccc1-c1c(N(C)c2cc(C(F)(F)F)cc(C(F)(F)F)c2)cnc(NCS(C)=O)c1C=N. The largest absolute Gasteiger partial charge is 0.416 e. The summed E-state index contributed by atoms with van der Waals surface area (Å²) in [5.41, 5.74) is -2.27. The van der Waals surface area contributed by atoms with Crippen LogP contribution < -0.4 is 10.2 Å². The molecule has 0 saturated carbocycles. The lowest BCUT2D eigenvalue weighted by Gasteiger charge is -2.27. The second-order valence-electron chi connectivity index (χ2n) is 8.10. The molecule has 2 N–H and O–H groups in total. The maximum Gasteiger partial charge on any atom is 0.416 e. The van der Waals surface area contributed by atoms with Gasteiger partial charge in [0.25, 0.3) is 0 Å². The topological polar surface area (TPSA) is 69.1 Å². The average molecular weight is 547 g/mol. The molecule has 0 aliphatic rings. The van der Waals surface area contributed by atoms with Crippen molar-refractivity contribution in [3.8, 4) is 11.1 Å². The van der Waals surface area contributed by atoms with Crippen molar-refractivity contribution in [3.63, 3.8) is 0 Å². The summed E-state index contributed by atoms with van der Waals surface area (Å²) in [5.74, 6) is -0.483. The summed E-state index contributed by atoms with van der Waals surface area (Å²) < 4.78 is 106. The van der Waals surface area contributed by atoms with E-state index in [9.17, 15) is 34.9 Å². The lowest BCUT2D eigenvalue weighted by molar-refractivity contribution is -0.143. The van der Waals surface area contributed by atoms with Gasteiger partial charge in [-0.05, 0) is 48.4 Å². The molecule has 0 bridgehead atoms. The predicted molar refractivity (Wildman–Crippen MR) is 129 cm³/mol. The minimum atomic E-state index is -5.05. The number of rotatable bonds is 7. The van der Waals surface area contributed by atoms with Gasteiger partial charge in [0.05, 0.1) is 28.9 Å². The predicted octanol–water partition coefficient (Wildman–Crippen LogP) is 6.75. The van der Waals surface area contributed by atoms with Gasteiger partial charge in [0, 0.05) is 47.1 Å². The van der Waals surface area contributed by atoms with E-state index in [1.165, 1.54) is 31.6 Å². The van der Waals surface area contributed by atoms with Gasteiger partial charge >= 0.3 is 12.4 Å². The van der Waals surface area contributed by atoms with Gasteiger partial charge in [-0.25, -0.2) is 9.37 Å². The van der Waals surface area contributed by atoms with Crippen LogP contribution in [0.5, 0.6) is 0 Å². The summed E-state index contributed by atoms with van der Waals surface area (Å²) in [4.78, 5) is 5.27. The zero-order valence-corrected chi connectivity index (χ0v) is 20.5. The Morgan fingerprint density at radius 1 is 1.05 bits per heavy atom. The van der Waals surface area contributed by atoms with Crippen molar-refractivity contribution in [3.05, 3.63) is 70.7 Å². The lowest BCUT2D eigenvalue weighted by atomic mass is 9.94. The number of hydrogen-bond acceptors (Lipinski definition) is 5. The molecule has 0 aliphatic carbocycles. The fourth-order valence-electron chi connectivity index (χ4n) is 3.68. The number of benzene rings is 2. The number of alkyl halides is 6. The van der Waals surface area contributed by atoms with E-state index in [0.29, 0.717) is 23.3 Å². The Bertz CT molecular complexity index is 1320. The van der Waals surface area contributed by atoms with Gasteiger partial charge in [-0.1, -0.05) is 6.07 Å². The Morgan fingerprint density at radius 2 is 1.65 bits per heavy atom. The van der Waals surface area contributed by atoms with E-state index in [0.717, 1.165) is 17.2 Å². The molecule has 5 nitrogen and oxygen atoms in total. The van der Waals surface area contributed by atoms with E-state index in [4.69, 9.17) is 5.41 Å². The molecule has 0 radical (unpaired) electrons. The van der Waals surface area contributed by atoms with Crippen LogP contribution in [0.25, 0.3) is 11.1 Å². The molecule has 1 unspecified atom stereocenters. The molecule has 1 heterocycles. The fraction of sp³-hybridized carbons (Fsp3) is 0.250. The van der Waals surface area contributed by atoms with Gasteiger partial charge in [0.1, 0.15) is 11.6 Å². The number of nitrogens with one attached hydrogen (secondary N) is 2. The first-order valence-electron chi connectivity index (χ1n) is 10.5. The Labute approximate surface area is 210 Å². The minimum Gasteiger partial charge on any atom is -0.358 e. The van der Waals surface area contributed by atoms with Crippen LogP contribution in [0.3, 0.4) is 0 Å². The maximum atomic E-state index is 13.8. The molecule has 3 rings (SSSR count). The normalized spacial score (nSPS) is 12.8. The minimum absolute atomic E-state index is 0.0293. The molecule has 198 valence electrons. The summed E-state index contributed by atoms with van der Waals surface area (Å²) >= 11 is 0. The molecule has 0 aliphatic heterocycles. The van der Waals surface area contributed by atoms with E-state index in [2.05, 4.69) is 10.3 Å². The second kappa shape index (κ2) is 10.5. The molecule has 0 amide bonds. The van der Waals surface area contributed by atoms with Crippen LogP contribution in [-0.2, 0) is 23.2 Å². The number of aromatic nitrogens is 1. The summed E-state index contributed by atoms with van der Waals surface area (Å²) in [5, 5.41) is 10.8. The molecule has 1 aromatic heterocycles. The monoisotopic (exact) mass is 546 g/mol. The van der Waals surface area contributed by atoms with Crippen LogP contribution in [0.4, 0.5) is 47.9 Å². The summed E-state index contributed by atoms with van der Waals surface area (Å²) in [6.07, 6.45) is -6.56. The third-order valence-electron chi connectivity index (χ3n) is 5.46. The number of nitrogens with zero attached hydrogens (tertiary/aromatic N) is 2. The summed E-state index contributed by atoms with van der Waals surface area (Å²) in [6, 6.07) is 4.91. The molecule has 13 heteroatoms. The first-order valence-corrected chi connectivity index (χ1v) is 12.2. The number of anilines is 3. The zero-order valence-electron chi connectivity index (χ0n) is 19.7. The van der Waals surface area contributed by atoms with Crippen molar-refractivity contribution < 1.29 is 34.9 Å². The van der Waals surface area contributed by atoms with Gasteiger partial charge in [-0.2, -0.15) is 26.3 Å². The quantitative estimate of drug-likeness (QED) is 0.254. The first kappa shape index (κ1) is 28.1. The number of aryl methyl sites for hydroxylation is 1. The second-order valence-corrected chi connectivity index (χ2v) is 9.54. The highest BCUT2D eigenvalue weighted by Crippen LogP contribution is 2.43. The van der Waals surface area contributed by atoms with Crippen LogP contribution in [0, 0.1) is 18.2 Å². The molecular formula is C24H21F7N4OS. The molecule has 0 fully saturated rings. The summed E-state index contributed by atoms with van der Waals surface area (Å²) in [7, 11) is -0.0396. The van der Waals surface area contributed by atoms with E-state index < -0.39 is 45.8 Å². The van der Waals surface area contributed by atoms with Crippen LogP contribution in [0.2, 0.25) is 0 Å².